The van der Waals surface area contributed by atoms with E-state index in [9.17, 15) is 0 Å². The van der Waals surface area contributed by atoms with Gasteiger partial charge >= 0.3 is 0 Å². The Kier molecular flexibility index (Phi) is 5.09. The molecular weight excluding hydrogens is 322 g/mol. The lowest BCUT2D eigenvalue weighted by atomic mass is 9.69. The van der Waals surface area contributed by atoms with Crippen LogP contribution in [0.25, 0.3) is 5.70 Å². The molecule has 0 amide bonds. The zero-order valence-corrected chi connectivity index (χ0v) is 15.5. The van der Waals surface area contributed by atoms with Crippen molar-refractivity contribution in [3.8, 4) is 0 Å². The molecule has 0 saturated heterocycles. The predicted molar refractivity (Wildman–Crippen MR) is 105 cm³/mol. The zero-order valence-electron chi connectivity index (χ0n) is 15.5. The number of nitrogens with one attached hydrogen (secondary N) is 1. The molecule has 26 heavy (non-hydrogen) atoms. The first-order valence-electron chi connectivity index (χ1n) is 9.45. The van der Waals surface area contributed by atoms with Gasteiger partial charge in [0.05, 0.1) is 19.3 Å². The minimum atomic E-state index is 0.359. The average molecular weight is 348 g/mol. The van der Waals surface area contributed by atoms with Crippen molar-refractivity contribution in [2.24, 2.45) is 5.92 Å². The van der Waals surface area contributed by atoms with Crippen LogP contribution in [0, 0.1) is 12.0 Å². The van der Waals surface area contributed by atoms with E-state index in [2.05, 4.69) is 60.8 Å². The summed E-state index contributed by atoms with van der Waals surface area (Å²) in [6.45, 7) is 3.68. The average Bonchev–Trinajstić information content (AvgIpc) is 2.65. The smallest absolute Gasteiger partial charge is 0.0704 e. The molecular formula is C23H26NO2. The molecule has 0 spiro atoms. The van der Waals surface area contributed by atoms with Crippen LogP contribution in [0.1, 0.15) is 36.8 Å². The SMILES string of the molecule is COCCOC1CC(C2=C(c3ccccc3)Nc3c[c]ccc3C2C)C1. The van der Waals surface area contributed by atoms with Crippen LogP contribution in [0.5, 0.6) is 0 Å². The zero-order chi connectivity index (χ0) is 17.9. The van der Waals surface area contributed by atoms with E-state index in [0.29, 0.717) is 31.2 Å². The van der Waals surface area contributed by atoms with Gasteiger partial charge in [0.2, 0.25) is 0 Å². The first-order chi connectivity index (χ1) is 12.8. The summed E-state index contributed by atoms with van der Waals surface area (Å²) in [4.78, 5) is 0. The lowest BCUT2D eigenvalue weighted by Gasteiger charge is -2.42. The largest absolute Gasteiger partial charge is 0.382 e. The van der Waals surface area contributed by atoms with Crippen LogP contribution in [0.4, 0.5) is 5.69 Å². The Balaban J connectivity index is 1.61. The van der Waals surface area contributed by atoms with Gasteiger partial charge in [-0.2, -0.15) is 0 Å². The molecule has 4 rings (SSSR count). The standard InChI is InChI=1S/C23H26NO2/c1-16-20-10-6-7-11-21(20)24-23(17-8-4-3-5-9-17)22(16)18-14-19(15-18)26-13-12-25-2/h3-6,8-11,16,18-19,24H,12-15H2,1-2H3. The third-order valence-electron chi connectivity index (χ3n) is 5.62. The van der Waals surface area contributed by atoms with E-state index in [0.717, 1.165) is 12.8 Å². The molecule has 2 aromatic rings. The number of fused-ring (bicyclic) bond motifs is 1. The molecule has 3 nitrogen and oxygen atoms in total. The van der Waals surface area contributed by atoms with Crippen molar-refractivity contribution in [1.29, 1.82) is 0 Å². The Morgan fingerprint density at radius 2 is 1.92 bits per heavy atom. The molecule has 2 aliphatic rings. The van der Waals surface area contributed by atoms with Gasteiger partial charge in [-0.1, -0.05) is 49.4 Å². The van der Waals surface area contributed by atoms with Gasteiger partial charge in [0, 0.05) is 24.4 Å². The summed E-state index contributed by atoms with van der Waals surface area (Å²) in [6, 6.07) is 20.1. The molecule has 1 N–H and O–H groups in total. The molecule has 1 unspecified atom stereocenters. The van der Waals surface area contributed by atoms with E-state index in [4.69, 9.17) is 9.47 Å². The highest BCUT2D eigenvalue weighted by atomic mass is 16.5. The molecule has 135 valence electrons. The molecule has 0 bridgehead atoms. The van der Waals surface area contributed by atoms with Crippen molar-refractivity contribution >= 4 is 11.4 Å². The van der Waals surface area contributed by atoms with Crippen molar-refractivity contribution in [2.75, 3.05) is 25.6 Å². The van der Waals surface area contributed by atoms with Crippen LogP contribution in [0.15, 0.2) is 54.1 Å². The summed E-state index contributed by atoms with van der Waals surface area (Å²) in [5.74, 6) is 0.971. The Labute approximate surface area is 156 Å². The van der Waals surface area contributed by atoms with Crippen LogP contribution in [-0.2, 0) is 9.47 Å². The van der Waals surface area contributed by atoms with Crippen LogP contribution >= 0.6 is 0 Å². The summed E-state index contributed by atoms with van der Waals surface area (Å²) >= 11 is 0. The summed E-state index contributed by atoms with van der Waals surface area (Å²) in [6.07, 6.45) is 2.54. The van der Waals surface area contributed by atoms with Crippen LogP contribution in [0.2, 0.25) is 0 Å². The number of anilines is 1. The lowest BCUT2D eigenvalue weighted by Crippen LogP contribution is -2.36. The molecule has 1 aliphatic carbocycles. The molecule has 3 heteroatoms. The van der Waals surface area contributed by atoms with Gasteiger partial charge in [-0.15, -0.1) is 0 Å². The van der Waals surface area contributed by atoms with Crippen molar-refractivity contribution in [1.82, 2.24) is 0 Å². The summed E-state index contributed by atoms with van der Waals surface area (Å²) in [5, 5.41) is 3.70. The molecule has 1 fully saturated rings. The van der Waals surface area contributed by atoms with E-state index in [1.807, 2.05) is 6.07 Å². The van der Waals surface area contributed by atoms with Crippen LogP contribution in [0.3, 0.4) is 0 Å². The first kappa shape index (κ1) is 17.3. The monoisotopic (exact) mass is 348 g/mol. The number of allylic oxidation sites excluding steroid dienone is 1. The quantitative estimate of drug-likeness (QED) is 0.756. The van der Waals surface area contributed by atoms with E-state index in [-0.39, 0.29) is 0 Å². The summed E-state index contributed by atoms with van der Waals surface area (Å²) < 4.78 is 11.0. The molecule has 0 aromatic heterocycles. The van der Waals surface area contributed by atoms with Gasteiger partial charge in [-0.25, -0.2) is 0 Å². The number of hydrogen-bond donors (Lipinski definition) is 1. The number of hydrogen-bond acceptors (Lipinski definition) is 3. The minimum Gasteiger partial charge on any atom is -0.382 e. The number of methoxy groups -OCH3 is 1. The second kappa shape index (κ2) is 7.65. The van der Waals surface area contributed by atoms with Crippen molar-refractivity contribution in [3.63, 3.8) is 0 Å². The van der Waals surface area contributed by atoms with Crippen LogP contribution in [-0.4, -0.2) is 26.4 Å². The van der Waals surface area contributed by atoms with Crippen molar-refractivity contribution in [3.05, 3.63) is 71.3 Å². The van der Waals surface area contributed by atoms with E-state index in [1.165, 1.54) is 28.1 Å². The summed E-state index contributed by atoms with van der Waals surface area (Å²) in [5.41, 5.74) is 6.58. The highest BCUT2D eigenvalue weighted by Gasteiger charge is 2.38. The number of benzene rings is 2. The first-order valence-corrected chi connectivity index (χ1v) is 9.45. The van der Waals surface area contributed by atoms with E-state index in [1.54, 1.807) is 7.11 Å². The summed E-state index contributed by atoms with van der Waals surface area (Å²) in [7, 11) is 1.72. The fourth-order valence-electron chi connectivity index (χ4n) is 4.17. The highest BCUT2D eigenvalue weighted by molar-refractivity contribution is 5.85. The van der Waals surface area contributed by atoms with Gasteiger partial charge in [-0.3, -0.25) is 0 Å². The maximum absolute atomic E-state index is 5.91. The normalized spacial score (nSPS) is 24.6. The molecule has 1 saturated carbocycles. The molecule has 1 atom stereocenters. The second-order valence-corrected chi connectivity index (χ2v) is 7.21. The Hall–Kier alpha value is -2.10. The van der Waals surface area contributed by atoms with Crippen molar-refractivity contribution in [2.45, 2.75) is 31.8 Å². The van der Waals surface area contributed by atoms with E-state index < -0.39 is 0 Å². The molecule has 1 heterocycles. The number of ether oxygens (including phenoxy) is 2. The van der Waals surface area contributed by atoms with Gasteiger partial charge in [0.25, 0.3) is 0 Å². The fourth-order valence-corrected chi connectivity index (χ4v) is 4.17. The van der Waals surface area contributed by atoms with Gasteiger partial charge in [0.1, 0.15) is 0 Å². The Morgan fingerprint density at radius 3 is 2.69 bits per heavy atom. The van der Waals surface area contributed by atoms with Gasteiger partial charge in [0.15, 0.2) is 0 Å². The third kappa shape index (κ3) is 3.29. The fraction of sp³-hybridized carbons (Fsp3) is 0.391. The Morgan fingerprint density at radius 1 is 1.12 bits per heavy atom. The maximum atomic E-state index is 5.91. The Bertz CT molecular complexity index is 778. The lowest BCUT2D eigenvalue weighted by molar-refractivity contribution is -0.0402. The topological polar surface area (TPSA) is 30.5 Å². The maximum Gasteiger partial charge on any atom is 0.0704 e. The van der Waals surface area contributed by atoms with Crippen LogP contribution < -0.4 is 5.32 Å². The predicted octanol–water partition coefficient (Wildman–Crippen LogP) is 4.87. The minimum absolute atomic E-state index is 0.359. The number of rotatable bonds is 6. The second-order valence-electron chi connectivity index (χ2n) is 7.21. The van der Waals surface area contributed by atoms with Crippen molar-refractivity contribution < 1.29 is 9.47 Å². The highest BCUT2D eigenvalue weighted by Crippen LogP contribution is 2.49. The van der Waals surface area contributed by atoms with Gasteiger partial charge < -0.3 is 14.8 Å². The molecule has 1 aliphatic heterocycles. The van der Waals surface area contributed by atoms with Gasteiger partial charge in [-0.05, 0) is 47.6 Å². The molecule has 2 aromatic carbocycles. The van der Waals surface area contributed by atoms with E-state index >= 15 is 0 Å². The third-order valence-corrected chi connectivity index (χ3v) is 5.62. The molecule has 1 radical (unpaired) electrons.